The number of amides is 1. The summed E-state index contributed by atoms with van der Waals surface area (Å²) in [4.78, 5) is 12.8. The van der Waals surface area contributed by atoms with Crippen LogP contribution in [0, 0.1) is 5.82 Å². The van der Waals surface area contributed by atoms with Gasteiger partial charge in [-0.15, -0.1) is 11.3 Å². The van der Waals surface area contributed by atoms with E-state index in [2.05, 4.69) is 5.32 Å². The molecule has 5 heteroatoms. The zero-order valence-corrected chi connectivity index (χ0v) is 12.9. The molecule has 3 nitrogen and oxygen atoms in total. The molecule has 0 aliphatic heterocycles. The molecule has 0 fully saturated rings. The molecule has 0 aliphatic rings. The van der Waals surface area contributed by atoms with Gasteiger partial charge >= 0.3 is 0 Å². The van der Waals surface area contributed by atoms with E-state index in [0.717, 1.165) is 4.88 Å². The molecule has 2 rings (SSSR count). The van der Waals surface area contributed by atoms with Crippen molar-refractivity contribution in [3.8, 4) is 5.75 Å². The highest BCUT2D eigenvalue weighted by Crippen LogP contribution is 2.19. The first-order valence-corrected chi connectivity index (χ1v) is 7.66. The summed E-state index contributed by atoms with van der Waals surface area (Å²) in [6, 6.07) is 8.57. The molecule has 0 spiro atoms. The summed E-state index contributed by atoms with van der Waals surface area (Å²) in [5.41, 5.74) is 0.711. The highest BCUT2D eigenvalue weighted by Gasteiger charge is 2.08. The summed E-state index contributed by atoms with van der Waals surface area (Å²) in [6.45, 7) is 4.00. The molecule has 0 atom stereocenters. The van der Waals surface area contributed by atoms with Gasteiger partial charge in [0.15, 0.2) is 11.6 Å². The Kier molecular flexibility index (Phi) is 5.33. The predicted octanol–water partition coefficient (Wildman–Crippen LogP) is 3.53. The van der Waals surface area contributed by atoms with Gasteiger partial charge in [0.25, 0.3) is 0 Å². The Labute approximate surface area is 127 Å². The summed E-state index contributed by atoms with van der Waals surface area (Å²) in [7, 11) is 0. The molecular formula is C16H18FNO2S. The Bertz CT molecular complexity index is 596. The molecule has 0 saturated carbocycles. The van der Waals surface area contributed by atoms with Gasteiger partial charge in [0.1, 0.15) is 0 Å². The smallest absolute Gasteiger partial charge is 0.225 e. The minimum atomic E-state index is -0.409. The third kappa shape index (κ3) is 4.86. The zero-order valence-electron chi connectivity index (χ0n) is 12.1. The van der Waals surface area contributed by atoms with Crippen LogP contribution in [0.5, 0.6) is 5.75 Å². The first-order chi connectivity index (χ1) is 10.0. The largest absolute Gasteiger partial charge is 0.488 e. The Morgan fingerprint density at radius 1 is 1.38 bits per heavy atom. The Morgan fingerprint density at radius 2 is 2.19 bits per heavy atom. The van der Waals surface area contributed by atoms with Gasteiger partial charge in [0.2, 0.25) is 5.91 Å². The van der Waals surface area contributed by atoms with E-state index in [4.69, 9.17) is 4.74 Å². The number of carbonyl (C=O) groups excluding carboxylic acids is 1. The molecule has 21 heavy (non-hydrogen) atoms. The lowest BCUT2D eigenvalue weighted by atomic mass is 10.2. The lowest BCUT2D eigenvalue weighted by Gasteiger charge is -2.11. The van der Waals surface area contributed by atoms with Crippen molar-refractivity contribution in [3.05, 3.63) is 52.0 Å². The fraction of sp³-hybridized carbons (Fsp3) is 0.312. The van der Waals surface area contributed by atoms with Gasteiger partial charge in [-0.05, 0) is 43.0 Å². The normalized spacial score (nSPS) is 10.7. The van der Waals surface area contributed by atoms with Crippen molar-refractivity contribution < 1.29 is 13.9 Å². The standard InChI is InChI=1S/C16H18FNO2S/c1-11(2)20-15-6-5-12(8-14(15)17)10-18-16(19)9-13-4-3-7-21-13/h3-8,11H,9-10H2,1-2H3,(H,18,19). The second kappa shape index (κ2) is 7.22. The summed E-state index contributed by atoms with van der Waals surface area (Å²) in [5, 5.41) is 4.72. The molecule has 0 bridgehead atoms. The topological polar surface area (TPSA) is 38.3 Å². The maximum atomic E-state index is 13.8. The molecule has 112 valence electrons. The van der Waals surface area contributed by atoms with Crippen molar-refractivity contribution in [2.45, 2.75) is 32.9 Å². The fourth-order valence-corrected chi connectivity index (χ4v) is 2.54. The highest BCUT2D eigenvalue weighted by molar-refractivity contribution is 7.10. The molecule has 1 aromatic carbocycles. The number of ether oxygens (including phenoxy) is 1. The predicted molar refractivity (Wildman–Crippen MR) is 82.0 cm³/mol. The second-order valence-electron chi connectivity index (χ2n) is 4.96. The van der Waals surface area contributed by atoms with E-state index in [1.165, 1.54) is 6.07 Å². The van der Waals surface area contributed by atoms with E-state index < -0.39 is 5.82 Å². The first-order valence-electron chi connectivity index (χ1n) is 6.79. The molecule has 0 radical (unpaired) electrons. The minimum absolute atomic E-state index is 0.0691. The quantitative estimate of drug-likeness (QED) is 0.886. The average molecular weight is 307 g/mol. The molecule has 2 aromatic rings. The number of rotatable bonds is 6. The van der Waals surface area contributed by atoms with Crippen LogP contribution < -0.4 is 10.1 Å². The van der Waals surface area contributed by atoms with Crippen LogP contribution in [0.15, 0.2) is 35.7 Å². The van der Waals surface area contributed by atoms with Crippen molar-refractivity contribution >= 4 is 17.2 Å². The van der Waals surface area contributed by atoms with Crippen molar-refractivity contribution in [3.63, 3.8) is 0 Å². The summed E-state index contributed by atoms with van der Waals surface area (Å²) < 4.78 is 19.1. The number of halogens is 1. The molecule has 0 aliphatic carbocycles. The summed E-state index contributed by atoms with van der Waals surface area (Å²) in [6.07, 6.45) is 0.283. The van der Waals surface area contributed by atoms with Crippen LogP contribution in [0.2, 0.25) is 0 Å². The van der Waals surface area contributed by atoms with Crippen LogP contribution in [0.25, 0.3) is 0 Å². The van der Waals surface area contributed by atoms with Crippen LogP contribution in [0.4, 0.5) is 4.39 Å². The van der Waals surface area contributed by atoms with Gasteiger partial charge in [-0.3, -0.25) is 4.79 Å². The lowest BCUT2D eigenvalue weighted by Crippen LogP contribution is -2.24. The van der Waals surface area contributed by atoms with Gasteiger partial charge in [0.05, 0.1) is 12.5 Å². The second-order valence-corrected chi connectivity index (χ2v) is 6.00. The number of carbonyl (C=O) groups is 1. The molecule has 1 amide bonds. The van der Waals surface area contributed by atoms with Gasteiger partial charge in [-0.2, -0.15) is 0 Å². The van der Waals surface area contributed by atoms with E-state index in [9.17, 15) is 9.18 Å². The van der Waals surface area contributed by atoms with Crippen LogP contribution in [0.3, 0.4) is 0 Å². The van der Waals surface area contributed by atoms with Crippen LogP contribution in [0.1, 0.15) is 24.3 Å². The summed E-state index contributed by atoms with van der Waals surface area (Å²) >= 11 is 1.55. The lowest BCUT2D eigenvalue weighted by molar-refractivity contribution is -0.120. The van der Waals surface area contributed by atoms with Crippen molar-refractivity contribution in [2.75, 3.05) is 0 Å². The van der Waals surface area contributed by atoms with E-state index in [1.54, 1.807) is 23.5 Å². The maximum Gasteiger partial charge on any atom is 0.225 e. The molecule has 0 unspecified atom stereocenters. The fourth-order valence-electron chi connectivity index (χ4n) is 1.84. The Morgan fingerprint density at radius 3 is 2.81 bits per heavy atom. The minimum Gasteiger partial charge on any atom is -0.488 e. The number of benzene rings is 1. The van der Waals surface area contributed by atoms with Gasteiger partial charge in [0, 0.05) is 11.4 Å². The molecular weight excluding hydrogens is 289 g/mol. The first kappa shape index (κ1) is 15.5. The molecule has 1 aromatic heterocycles. The van der Waals surface area contributed by atoms with E-state index in [0.29, 0.717) is 18.5 Å². The third-order valence-corrected chi connectivity index (χ3v) is 3.64. The van der Waals surface area contributed by atoms with Crippen LogP contribution in [-0.2, 0) is 17.8 Å². The molecule has 0 saturated heterocycles. The van der Waals surface area contributed by atoms with Crippen molar-refractivity contribution in [2.24, 2.45) is 0 Å². The molecule has 1 N–H and O–H groups in total. The van der Waals surface area contributed by atoms with Gasteiger partial charge < -0.3 is 10.1 Å². The van der Waals surface area contributed by atoms with E-state index in [-0.39, 0.29) is 17.8 Å². The van der Waals surface area contributed by atoms with Gasteiger partial charge in [-0.1, -0.05) is 12.1 Å². The highest BCUT2D eigenvalue weighted by atomic mass is 32.1. The van der Waals surface area contributed by atoms with Crippen molar-refractivity contribution in [1.82, 2.24) is 5.32 Å². The molecule has 1 heterocycles. The SMILES string of the molecule is CC(C)Oc1ccc(CNC(=O)Cc2cccs2)cc1F. The number of hydrogen-bond acceptors (Lipinski definition) is 3. The zero-order chi connectivity index (χ0) is 15.2. The van der Waals surface area contributed by atoms with Gasteiger partial charge in [-0.25, -0.2) is 4.39 Å². The number of hydrogen-bond donors (Lipinski definition) is 1. The van der Waals surface area contributed by atoms with Crippen LogP contribution in [-0.4, -0.2) is 12.0 Å². The Hall–Kier alpha value is -1.88. The van der Waals surface area contributed by atoms with Crippen LogP contribution >= 0.6 is 11.3 Å². The Balaban J connectivity index is 1.88. The van der Waals surface area contributed by atoms with E-state index in [1.807, 2.05) is 31.4 Å². The third-order valence-electron chi connectivity index (χ3n) is 2.76. The summed E-state index contributed by atoms with van der Waals surface area (Å²) in [5.74, 6) is -0.243. The maximum absolute atomic E-state index is 13.8. The number of nitrogens with one attached hydrogen (secondary N) is 1. The van der Waals surface area contributed by atoms with Crippen molar-refractivity contribution in [1.29, 1.82) is 0 Å². The number of thiophene rings is 1. The van der Waals surface area contributed by atoms with E-state index >= 15 is 0 Å². The average Bonchev–Trinajstić information content (AvgIpc) is 2.91. The monoisotopic (exact) mass is 307 g/mol.